The van der Waals surface area contributed by atoms with Gasteiger partial charge in [0.05, 0.1) is 13.2 Å². The topological polar surface area (TPSA) is 46.6 Å². The molecular weight excluding hydrogens is 326 g/mol. The molecule has 1 aliphatic heterocycles. The third-order valence-electron chi connectivity index (χ3n) is 4.96. The molecule has 26 heavy (non-hydrogen) atoms. The van der Waals surface area contributed by atoms with Crippen molar-refractivity contribution in [2.75, 3.05) is 13.7 Å². The van der Waals surface area contributed by atoms with E-state index in [1.165, 1.54) is 0 Å². The Balaban J connectivity index is 1.70. The molecule has 0 spiro atoms. The maximum atomic E-state index is 12.8. The van der Waals surface area contributed by atoms with Gasteiger partial charge < -0.3 is 9.64 Å². The minimum absolute atomic E-state index is 0.0491. The second-order valence-corrected chi connectivity index (χ2v) is 6.70. The van der Waals surface area contributed by atoms with Gasteiger partial charge in [-0.3, -0.25) is 9.59 Å². The summed E-state index contributed by atoms with van der Waals surface area (Å²) < 4.78 is 5.31. The van der Waals surface area contributed by atoms with E-state index in [2.05, 4.69) is 0 Å². The lowest BCUT2D eigenvalue weighted by molar-refractivity contribution is -0.147. The Kier molecular flexibility index (Phi) is 6.05. The largest absolute Gasteiger partial charge is 0.497 e. The van der Waals surface area contributed by atoms with Crippen molar-refractivity contribution < 1.29 is 14.3 Å². The molecule has 1 heterocycles. The van der Waals surface area contributed by atoms with Crippen LogP contribution in [0.2, 0.25) is 0 Å². The lowest BCUT2D eigenvalue weighted by atomic mass is 9.94. The minimum Gasteiger partial charge on any atom is -0.497 e. The smallest absolute Gasteiger partial charge is 0.290 e. The quantitative estimate of drug-likeness (QED) is 0.740. The van der Waals surface area contributed by atoms with Gasteiger partial charge in [-0.2, -0.15) is 0 Å². The summed E-state index contributed by atoms with van der Waals surface area (Å²) in [5, 5.41) is 0. The van der Waals surface area contributed by atoms with E-state index in [1.807, 2.05) is 54.6 Å². The zero-order chi connectivity index (χ0) is 18.4. The lowest BCUT2D eigenvalue weighted by Crippen LogP contribution is -2.42. The van der Waals surface area contributed by atoms with E-state index in [4.69, 9.17) is 4.74 Å². The molecule has 1 fully saturated rings. The van der Waals surface area contributed by atoms with E-state index in [-0.39, 0.29) is 24.2 Å². The number of Topliss-reactive ketones (excluding diaryl/α,β-unsaturated/α-hetero) is 1. The molecule has 1 aliphatic rings. The highest BCUT2D eigenvalue weighted by atomic mass is 16.5. The van der Waals surface area contributed by atoms with Gasteiger partial charge in [-0.25, -0.2) is 0 Å². The Morgan fingerprint density at radius 3 is 2.65 bits per heavy atom. The average Bonchev–Trinajstić information content (AvgIpc) is 2.72. The molecule has 0 bridgehead atoms. The normalized spacial score (nSPS) is 17.0. The molecule has 0 N–H and O–H groups in total. The number of carbonyl (C=O) groups is 2. The van der Waals surface area contributed by atoms with E-state index < -0.39 is 0 Å². The van der Waals surface area contributed by atoms with Gasteiger partial charge in [-0.1, -0.05) is 42.5 Å². The first kappa shape index (κ1) is 18.2. The fraction of sp³-hybridized carbons (Fsp3) is 0.364. The van der Waals surface area contributed by atoms with Gasteiger partial charge in [0.25, 0.3) is 5.91 Å². The SMILES string of the molecule is COc1cccc([C@@H]2CCCCN2C(=O)C(=O)CCc2ccccc2)c1. The van der Waals surface area contributed by atoms with Crippen LogP contribution in [0.3, 0.4) is 0 Å². The second-order valence-electron chi connectivity index (χ2n) is 6.70. The highest BCUT2D eigenvalue weighted by Gasteiger charge is 2.31. The third-order valence-corrected chi connectivity index (χ3v) is 4.96. The number of ketones is 1. The summed E-state index contributed by atoms with van der Waals surface area (Å²) in [7, 11) is 1.63. The van der Waals surface area contributed by atoms with Crippen LogP contribution in [0.5, 0.6) is 5.75 Å². The number of benzene rings is 2. The van der Waals surface area contributed by atoms with Crippen molar-refractivity contribution in [1.82, 2.24) is 4.90 Å². The molecule has 0 unspecified atom stereocenters. The number of amides is 1. The Morgan fingerprint density at radius 1 is 1.08 bits per heavy atom. The van der Waals surface area contributed by atoms with Gasteiger partial charge >= 0.3 is 0 Å². The molecule has 4 heteroatoms. The Hall–Kier alpha value is -2.62. The summed E-state index contributed by atoms with van der Waals surface area (Å²) in [5.74, 6) is 0.118. The maximum Gasteiger partial charge on any atom is 0.290 e. The van der Waals surface area contributed by atoms with Crippen molar-refractivity contribution >= 4 is 11.7 Å². The summed E-state index contributed by atoms with van der Waals surface area (Å²) in [6, 6.07) is 17.6. The first-order valence-corrected chi connectivity index (χ1v) is 9.20. The van der Waals surface area contributed by atoms with Crippen LogP contribution in [-0.4, -0.2) is 30.2 Å². The van der Waals surface area contributed by atoms with Gasteiger partial charge in [0.1, 0.15) is 5.75 Å². The third kappa shape index (κ3) is 4.31. The van der Waals surface area contributed by atoms with Crippen molar-refractivity contribution in [2.24, 2.45) is 0 Å². The molecule has 2 aromatic carbocycles. The number of rotatable bonds is 6. The van der Waals surface area contributed by atoms with Gasteiger partial charge in [0.2, 0.25) is 5.78 Å². The summed E-state index contributed by atoms with van der Waals surface area (Å²) in [6.07, 6.45) is 3.74. The number of aryl methyl sites for hydroxylation is 1. The van der Waals surface area contributed by atoms with Crippen LogP contribution >= 0.6 is 0 Å². The molecule has 1 atom stereocenters. The molecule has 4 nitrogen and oxygen atoms in total. The molecule has 0 aliphatic carbocycles. The monoisotopic (exact) mass is 351 g/mol. The maximum absolute atomic E-state index is 12.8. The Bertz CT molecular complexity index is 757. The summed E-state index contributed by atoms with van der Waals surface area (Å²) in [4.78, 5) is 27.1. The van der Waals surface area contributed by atoms with Crippen LogP contribution in [0.1, 0.15) is 42.9 Å². The van der Waals surface area contributed by atoms with Crippen LogP contribution < -0.4 is 4.74 Å². The molecule has 136 valence electrons. The van der Waals surface area contributed by atoms with Gasteiger partial charge in [0.15, 0.2) is 0 Å². The van der Waals surface area contributed by atoms with Crippen LogP contribution in [0.4, 0.5) is 0 Å². The fourth-order valence-corrected chi connectivity index (χ4v) is 3.54. The van der Waals surface area contributed by atoms with Crippen LogP contribution in [0.25, 0.3) is 0 Å². The van der Waals surface area contributed by atoms with Crippen LogP contribution in [-0.2, 0) is 16.0 Å². The zero-order valence-corrected chi connectivity index (χ0v) is 15.2. The summed E-state index contributed by atoms with van der Waals surface area (Å²) in [5.41, 5.74) is 2.12. The number of likely N-dealkylation sites (tertiary alicyclic amines) is 1. The predicted octanol–water partition coefficient (Wildman–Crippen LogP) is 3.95. The number of nitrogens with zero attached hydrogens (tertiary/aromatic N) is 1. The molecular formula is C22H25NO3. The molecule has 0 radical (unpaired) electrons. The first-order chi connectivity index (χ1) is 12.7. The highest BCUT2D eigenvalue weighted by Crippen LogP contribution is 2.32. The number of hydrogen-bond acceptors (Lipinski definition) is 3. The summed E-state index contributed by atoms with van der Waals surface area (Å²) >= 11 is 0. The van der Waals surface area contributed by atoms with E-state index in [1.54, 1.807) is 12.0 Å². The van der Waals surface area contributed by atoms with Crippen molar-refractivity contribution in [3.63, 3.8) is 0 Å². The summed E-state index contributed by atoms with van der Waals surface area (Å²) in [6.45, 7) is 0.637. The van der Waals surface area contributed by atoms with Crippen LogP contribution in [0, 0.1) is 0 Å². The van der Waals surface area contributed by atoms with Crippen molar-refractivity contribution in [3.05, 3.63) is 65.7 Å². The zero-order valence-electron chi connectivity index (χ0n) is 15.2. The molecule has 0 aromatic heterocycles. The predicted molar refractivity (Wildman–Crippen MR) is 101 cm³/mol. The Labute approximate surface area is 154 Å². The number of methoxy groups -OCH3 is 1. The van der Waals surface area contributed by atoms with Gasteiger partial charge in [-0.05, 0) is 48.9 Å². The van der Waals surface area contributed by atoms with Crippen molar-refractivity contribution in [3.8, 4) is 5.75 Å². The highest BCUT2D eigenvalue weighted by molar-refractivity contribution is 6.36. The number of carbonyl (C=O) groups excluding carboxylic acids is 2. The Morgan fingerprint density at radius 2 is 1.88 bits per heavy atom. The lowest BCUT2D eigenvalue weighted by Gasteiger charge is -2.35. The van der Waals surface area contributed by atoms with E-state index in [9.17, 15) is 9.59 Å². The standard InChI is InChI=1S/C22H25NO3/c1-26-19-11-7-10-18(16-19)20-12-5-6-15-23(20)22(25)21(24)14-13-17-8-3-2-4-9-17/h2-4,7-11,16,20H,5-6,12-15H2,1H3/t20-/m0/s1. The molecule has 1 amide bonds. The number of hydrogen-bond donors (Lipinski definition) is 0. The fourth-order valence-electron chi connectivity index (χ4n) is 3.54. The van der Waals surface area contributed by atoms with Gasteiger partial charge in [0, 0.05) is 13.0 Å². The number of piperidine rings is 1. The van der Waals surface area contributed by atoms with E-state index >= 15 is 0 Å². The van der Waals surface area contributed by atoms with Gasteiger partial charge in [-0.15, -0.1) is 0 Å². The molecule has 0 saturated carbocycles. The first-order valence-electron chi connectivity index (χ1n) is 9.20. The minimum atomic E-state index is -0.353. The average molecular weight is 351 g/mol. The van der Waals surface area contributed by atoms with Crippen molar-refractivity contribution in [1.29, 1.82) is 0 Å². The molecule has 2 aromatic rings. The second kappa shape index (κ2) is 8.65. The van der Waals surface area contributed by atoms with E-state index in [0.717, 1.165) is 36.1 Å². The van der Waals surface area contributed by atoms with Crippen molar-refractivity contribution in [2.45, 2.75) is 38.1 Å². The number of ether oxygens (including phenoxy) is 1. The molecule has 3 rings (SSSR count). The van der Waals surface area contributed by atoms with E-state index in [0.29, 0.717) is 13.0 Å². The molecule has 1 saturated heterocycles. The van der Waals surface area contributed by atoms with Crippen LogP contribution in [0.15, 0.2) is 54.6 Å².